The van der Waals surface area contributed by atoms with Crippen LogP contribution >= 0.6 is 0 Å². The molecule has 23 heavy (non-hydrogen) atoms. The quantitative estimate of drug-likeness (QED) is 0.924. The zero-order chi connectivity index (χ0) is 15.9. The van der Waals surface area contributed by atoms with Crippen molar-refractivity contribution in [2.24, 2.45) is 23.7 Å². The lowest BCUT2D eigenvalue weighted by molar-refractivity contribution is -0.133. The monoisotopic (exact) mass is 315 g/mol. The molecule has 0 radical (unpaired) electrons. The fourth-order valence-electron chi connectivity index (χ4n) is 5.84. The minimum atomic E-state index is -0.585. The second kappa shape index (κ2) is 4.28. The van der Waals surface area contributed by atoms with Gasteiger partial charge >= 0.3 is 0 Å². The van der Waals surface area contributed by atoms with E-state index in [0.29, 0.717) is 5.92 Å². The number of nitrogens with zero attached hydrogens (tertiary/aromatic N) is 1. The Morgan fingerprint density at radius 2 is 2.09 bits per heavy atom. The average molecular weight is 315 g/mol. The van der Waals surface area contributed by atoms with Gasteiger partial charge in [0.05, 0.1) is 25.2 Å². The molecule has 0 unspecified atom stereocenters. The highest BCUT2D eigenvalue weighted by molar-refractivity contribution is 6.00. The van der Waals surface area contributed by atoms with Gasteiger partial charge < -0.3 is 14.6 Å². The first kappa shape index (κ1) is 13.8. The summed E-state index contributed by atoms with van der Waals surface area (Å²) in [5, 5.41) is 10.5. The van der Waals surface area contributed by atoms with Crippen LogP contribution in [0.1, 0.15) is 19.8 Å². The number of carbonyl (C=O) groups is 1. The van der Waals surface area contributed by atoms with E-state index in [-0.39, 0.29) is 29.8 Å². The molecule has 2 bridgehead atoms. The van der Waals surface area contributed by atoms with Gasteiger partial charge in [0.25, 0.3) is 0 Å². The Morgan fingerprint density at radius 3 is 2.74 bits per heavy atom. The molecule has 7 atom stereocenters. The van der Waals surface area contributed by atoms with Gasteiger partial charge in [-0.2, -0.15) is 0 Å². The predicted octanol–water partition coefficient (Wildman–Crippen LogP) is 1.79. The van der Waals surface area contributed by atoms with E-state index in [4.69, 9.17) is 9.47 Å². The van der Waals surface area contributed by atoms with Crippen molar-refractivity contribution in [3.05, 3.63) is 24.3 Å². The molecule has 2 saturated carbocycles. The van der Waals surface area contributed by atoms with Crippen LogP contribution in [-0.2, 0) is 9.53 Å². The first-order valence-electron chi connectivity index (χ1n) is 8.46. The van der Waals surface area contributed by atoms with E-state index in [1.165, 1.54) is 0 Å². The topological polar surface area (TPSA) is 59.0 Å². The van der Waals surface area contributed by atoms with Gasteiger partial charge in [-0.05, 0) is 48.9 Å². The Morgan fingerprint density at radius 1 is 1.35 bits per heavy atom. The smallest absolute Gasteiger partial charge is 0.233 e. The highest BCUT2D eigenvalue weighted by atomic mass is 16.6. The molecule has 4 aliphatic rings. The van der Waals surface area contributed by atoms with Gasteiger partial charge in [-0.25, -0.2) is 0 Å². The number of carbonyl (C=O) groups excluding carboxylic acids is 1. The Labute approximate surface area is 135 Å². The van der Waals surface area contributed by atoms with Gasteiger partial charge in [0, 0.05) is 11.6 Å². The average Bonchev–Trinajstić information content (AvgIpc) is 3.23. The van der Waals surface area contributed by atoms with E-state index in [0.717, 1.165) is 24.3 Å². The van der Waals surface area contributed by atoms with Gasteiger partial charge in [0.1, 0.15) is 5.75 Å². The number of aliphatic hydroxyl groups excluding tert-OH is 1. The van der Waals surface area contributed by atoms with E-state index in [9.17, 15) is 9.90 Å². The van der Waals surface area contributed by atoms with Crippen molar-refractivity contribution in [2.75, 3.05) is 12.0 Å². The molecular formula is C18H21NO4. The van der Waals surface area contributed by atoms with Gasteiger partial charge in [0.15, 0.2) is 5.72 Å². The van der Waals surface area contributed by atoms with Crippen molar-refractivity contribution in [2.45, 2.75) is 37.7 Å². The highest BCUT2D eigenvalue weighted by Crippen LogP contribution is 2.68. The standard InChI is InChI=1S/C18H21NO4/c1-3-18-14-12-8-11(15(20)16(12)23-18)13(14)17(21)19(18)9-4-6-10(22-2)7-5-9/h4-7,11-16,20H,3,8H2,1-2H3/t11-,12-,13+,14+,15+,16-,18-/m0/s1. The number of amides is 1. The minimum absolute atomic E-state index is 0.0687. The van der Waals surface area contributed by atoms with Crippen LogP contribution in [-0.4, -0.2) is 36.1 Å². The largest absolute Gasteiger partial charge is 0.497 e. The number of fused-ring (bicyclic) bond motifs is 2. The van der Waals surface area contributed by atoms with Crippen LogP contribution < -0.4 is 9.64 Å². The summed E-state index contributed by atoms with van der Waals surface area (Å²) in [7, 11) is 1.63. The predicted molar refractivity (Wildman–Crippen MR) is 83.0 cm³/mol. The third-order valence-corrected chi connectivity index (χ3v) is 6.63. The summed E-state index contributed by atoms with van der Waals surface area (Å²) < 4.78 is 11.6. The number of benzene rings is 1. The summed E-state index contributed by atoms with van der Waals surface area (Å²) in [4.78, 5) is 15.0. The van der Waals surface area contributed by atoms with E-state index >= 15 is 0 Å². The van der Waals surface area contributed by atoms with Crippen LogP contribution in [0.4, 0.5) is 5.69 Å². The summed E-state index contributed by atoms with van der Waals surface area (Å²) in [6, 6.07) is 7.60. The number of anilines is 1. The molecule has 4 fully saturated rings. The Hall–Kier alpha value is -1.59. The third kappa shape index (κ3) is 1.40. The zero-order valence-electron chi connectivity index (χ0n) is 13.3. The molecule has 1 N–H and O–H groups in total. The third-order valence-electron chi connectivity index (χ3n) is 6.63. The lowest BCUT2D eigenvalue weighted by Crippen LogP contribution is -2.50. The van der Waals surface area contributed by atoms with Crippen molar-refractivity contribution in [3.8, 4) is 5.75 Å². The molecule has 0 aromatic heterocycles. The molecule has 1 aromatic carbocycles. The van der Waals surface area contributed by atoms with E-state index in [1.54, 1.807) is 7.11 Å². The first-order valence-corrected chi connectivity index (χ1v) is 8.46. The minimum Gasteiger partial charge on any atom is -0.497 e. The normalized spacial score (nSPS) is 46.0. The molecule has 2 heterocycles. The summed E-state index contributed by atoms with van der Waals surface area (Å²) in [5.74, 6) is 1.42. The molecule has 122 valence electrons. The fraction of sp³-hybridized carbons (Fsp3) is 0.611. The maximum Gasteiger partial charge on any atom is 0.233 e. The maximum atomic E-state index is 13.2. The Kier molecular flexibility index (Phi) is 2.57. The number of methoxy groups -OCH3 is 1. The molecule has 5 rings (SSSR count). The highest BCUT2D eigenvalue weighted by Gasteiger charge is 2.77. The van der Waals surface area contributed by atoms with Gasteiger partial charge in [-0.15, -0.1) is 0 Å². The van der Waals surface area contributed by atoms with Crippen LogP contribution in [0, 0.1) is 23.7 Å². The number of rotatable bonds is 3. The summed E-state index contributed by atoms with van der Waals surface area (Å²) in [6.07, 6.45) is 1.11. The zero-order valence-corrected chi connectivity index (χ0v) is 13.3. The van der Waals surface area contributed by atoms with E-state index in [2.05, 4.69) is 6.92 Å². The molecule has 2 saturated heterocycles. The molecule has 2 aliphatic carbocycles. The molecule has 1 aromatic rings. The maximum absolute atomic E-state index is 13.2. The lowest BCUT2D eigenvalue weighted by Gasteiger charge is -2.38. The van der Waals surface area contributed by atoms with Gasteiger partial charge in [-0.1, -0.05) is 6.92 Å². The van der Waals surface area contributed by atoms with Crippen molar-refractivity contribution >= 4 is 11.6 Å². The number of ether oxygens (including phenoxy) is 2. The van der Waals surface area contributed by atoms with Crippen molar-refractivity contribution in [1.29, 1.82) is 0 Å². The van der Waals surface area contributed by atoms with Crippen LogP contribution in [0.5, 0.6) is 5.75 Å². The second-order valence-electron chi connectivity index (χ2n) is 7.26. The molecule has 1 amide bonds. The van der Waals surface area contributed by atoms with Crippen molar-refractivity contribution in [3.63, 3.8) is 0 Å². The lowest BCUT2D eigenvalue weighted by atomic mass is 9.76. The Bertz CT molecular complexity index is 674. The SMILES string of the molecule is CC[C@]12O[C@@H]3[C@H](O)[C@H]4C[C@H]3[C@@H]1[C@@H]4C(=O)N2c1ccc(OC)cc1. The van der Waals surface area contributed by atoms with Gasteiger partial charge in [-0.3, -0.25) is 9.69 Å². The van der Waals surface area contributed by atoms with E-state index < -0.39 is 11.8 Å². The second-order valence-corrected chi connectivity index (χ2v) is 7.26. The van der Waals surface area contributed by atoms with Crippen molar-refractivity contribution in [1.82, 2.24) is 0 Å². The summed E-state index contributed by atoms with van der Waals surface area (Å²) in [5.41, 5.74) is 0.277. The molecule has 5 heteroatoms. The molecule has 2 aliphatic heterocycles. The van der Waals surface area contributed by atoms with Gasteiger partial charge in [0.2, 0.25) is 5.91 Å². The van der Waals surface area contributed by atoms with Crippen LogP contribution in [0.25, 0.3) is 0 Å². The van der Waals surface area contributed by atoms with Crippen molar-refractivity contribution < 1.29 is 19.4 Å². The first-order chi connectivity index (χ1) is 11.1. The van der Waals surface area contributed by atoms with E-state index in [1.807, 2.05) is 29.2 Å². The number of hydrogen-bond acceptors (Lipinski definition) is 4. The molecule has 0 spiro atoms. The number of hydrogen-bond donors (Lipinski definition) is 1. The molecular weight excluding hydrogens is 294 g/mol. The fourth-order valence-corrected chi connectivity index (χ4v) is 5.84. The van der Waals surface area contributed by atoms with Crippen LogP contribution in [0.2, 0.25) is 0 Å². The summed E-state index contributed by atoms with van der Waals surface area (Å²) >= 11 is 0. The van der Waals surface area contributed by atoms with Crippen LogP contribution in [0.3, 0.4) is 0 Å². The van der Waals surface area contributed by atoms with Crippen LogP contribution in [0.15, 0.2) is 24.3 Å². The Balaban J connectivity index is 1.62. The number of aliphatic hydroxyl groups is 1. The molecule has 5 nitrogen and oxygen atoms in total. The summed E-state index contributed by atoms with van der Waals surface area (Å²) in [6.45, 7) is 2.08.